The summed E-state index contributed by atoms with van der Waals surface area (Å²) in [5.74, 6) is 0.251. The van der Waals surface area contributed by atoms with Gasteiger partial charge in [0.1, 0.15) is 0 Å². The third-order valence-corrected chi connectivity index (χ3v) is 6.65. The number of amides is 2. The lowest BCUT2D eigenvalue weighted by molar-refractivity contribution is -0.122. The van der Waals surface area contributed by atoms with E-state index in [1.807, 2.05) is 57.2 Å². The van der Waals surface area contributed by atoms with Crippen LogP contribution in [-0.4, -0.2) is 41.0 Å². The number of anilines is 2. The number of rotatable bonds is 13. The molecule has 0 aliphatic heterocycles. The largest absolute Gasteiger partial charge is 0.490 e. The fourth-order valence-electron chi connectivity index (χ4n) is 4.71. The molecule has 0 saturated heterocycles. The van der Waals surface area contributed by atoms with E-state index in [0.717, 1.165) is 22.4 Å². The molecule has 4 aromatic rings. The molecule has 10 heteroatoms. The molecule has 10 nitrogen and oxygen atoms in total. The van der Waals surface area contributed by atoms with E-state index < -0.39 is 11.9 Å². The van der Waals surface area contributed by atoms with Crippen molar-refractivity contribution >= 4 is 34.1 Å². The molecule has 2 heterocycles. The zero-order valence-electron chi connectivity index (χ0n) is 23.6. The van der Waals surface area contributed by atoms with Gasteiger partial charge in [-0.05, 0) is 61.6 Å². The minimum Gasteiger partial charge on any atom is -0.490 e. The van der Waals surface area contributed by atoms with Crippen LogP contribution in [0.5, 0.6) is 11.5 Å². The number of ether oxygens (including phenoxy) is 2. The standard InChI is InChI=1S/C31H36N6O4/c1-4-21-20(17-36-31(39)24(32)13-19-9-8-12-34-16-19)10-7-11-25(21)37-29-22-14-27(40-5-2)28(41-6-3)15-26(22)35-18-23(29)30(33)38/h7-12,14-16,18,24H,4-6,13,17,32H2,1-3H3,(H2,33,38)(H,35,37)(H,36,39)/t24-/m1/s1. The predicted octanol–water partition coefficient (Wildman–Crippen LogP) is 4.02. The van der Waals surface area contributed by atoms with Gasteiger partial charge in [-0.2, -0.15) is 0 Å². The summed E-state index contributed by atoms with van der Waals surface area (Å²) in [7, 11) is 0. The Hall–Kier alpha value is -4.70. The Kier molecular flexibility index (Phi) is 9.70. The highest BCUT2D eigenvalue weighted by molar-refractivity contribution is 6.08. The molecule has 0 spiro atoms. The first-order valence-electron chi connectivity index (χ1n) is 13.7. The van der Waals surface area contributed by atoms with Gasteiger partial charge >= 0.3 is 0 Å². The summed E-state index contributed by atoms with van der Waals surface area (Å²) in [5.41, 5.74) is 16.9. The number of hydrogen-bond donors (Lipinski definition) is 4. The maximum Gasteiger partial charge on any atom is 0.252 e. The van der Waals surface area contributed by atoms with Crippen molar-refractivity contribution < 1.29 is 19.1 Å². The molecule has 2 aromatic heterocycles. The summed E-state index contributed by atoms with van der Waals surface area (Å²) in [6.07, 6.45) is 5.91. The first kappa shape index (κ1) is 29.3. The van der Waals surface area contributed by atoms with Crippen LogP contribution in [0.25, 0.3) is 10.9 Å². The average molecular weight is 557 g/mol. The second kappa shape index (κ2) is 13.6. The molecule has 41 heavy (non-hydrogen) atoms. The van der Waals surface area contributed by atoms with Gasteiger partial charge in [0.2, 0.25) is 5.91 Å². The maximum atomic E-state index is 12.8. The van der Waals surface area contributed by atoms with Crippen molar-refractivity contribution in [2.45, 2.75) is 46.2 Å². The summed E-state index contributed by atoms with van der Waals surface area (Å²) < 4.78 is 11.6. The van der Waals surface area contributed by atoms with E-state index in [1.165, 1.54) is 6.20 Å². The van der Waals surface area contributed by atoms with Crippen molar-refractivity contribution in [1.29, 1.82) is 0 Å². The lowest BCUT2D eigenvalue weighted by Crippen LogP contribution is -2.41. The highest BCUT2D eigenvalue weighted by atomic mass is 16.5. The molecule has 0 aliphatic carbocycles. The summed E-state index contributed by atoms with van der Waals surface area (Å²) in [6.45, 7) is 7.02. The number of primary amides is 1. The molecule has 0 fully saturated rings. The maximum absolute atomic E-state index is 12.8. The molecule has 0 radical (unpaired) electrons. The third kappa shape index (κ3) is 6.90. The summed E-state index contributed by atoms with van der Waals surface area (Å²) in [5, 5.41) is 7.06. The number of hydrogen-bond acceptors (Lipinski definition) is 8. The highest BCUT2D eigenvalue weighted by Gasteiger charge is 2.19. The number of carbonyl (C=O) groups is 2. The number of benzene rings is 2. The molecule has 0 unspecified atom stereocenters. The first-order valence-corrected chi connectivity index (χ1v) is 13.7. The van der Waals surface area contributed by atoms with Crippen LogP contribution in [0.2, 0.25) is 0 Å². The summed E-state index contributed by atoms with van der Waals surface area (Å²) >= 11 is 0. The molecule has 4 rings (SSSR count). The van der Waals surface area contributed by atoms with Gasteiger partial charge in [0.15, 0.2) is 11.5 Å². The van der Waals surface area contributed by atoms with Gasteiger partial charge in [0.25, 0.3) is 5.91 Å². The van der Waals surface area contributed by atoms with Gasteiger partial charge in [0.05, 0.1) is 36.0 Å². The Balaban J connectivity index is 1.65. The number of fused-ring (bicyclic) bond motifs is 1. The van der Waals surface area contributed by atoms with Crippen LogP contribution in [0, 0.1) is 0 Å². The summed E-state index contributed by atoms with van der Waals surface area (Å²) in [6, 6.07) is 12.4. The minimum atomic E-state index is -0.701. The van der Waals surface area contributed by atoms with Crippen LogP contribution in [-0.2, 0) is 24.2 Å². The van der Waals surface area contributed by atoms with E-state index in [9.17, 15) is 9.59 Å². The number of carbonyl (C=O) groups excluding carboxylic acids is 2. The highest BCUT2D eigenvalue weighted by Crippen LogP contribution is 2.38. The Bertz CT molecular complexity index is 1530. The van der Waals surface area contributed by atoms with Crippen molar-refractivity contribution in [2.75, 3.05) is 18.5 Å². The van der Waals surface area contributed by atoms with Crippen molar-refractivity contribution in [1.82, 2.24) is 15.3 Å². The Labute approximate surface area is 239 Å². The van der Waals surface area contributed by atoms with Crippen LogP contribution >= 0.6 is 0 Å². The number of nitrogens with zero attached hydrogens (tertiary/aromatic N) is 2. The molecule has 0 bridgehead atoms. The minimum absolute atomic E-state index is 0.242. The normalized spacial score (nSPS) is 11.6. The van der Waals surface area contributed by atoms with Crippen LogP contribution in [0.3, 0.4) is 0 Å². The van der Waals surface area contributed by atoms with Gasteiger partial charge < -0.3 is 31.6 Å². The monoisotopic (exact) mass is 556 g/mol. The van der Waals surface area contributed by atoms with E-state index >= 15 is 0 Å². The van der Waals surface area contributed by atoms with E-state index in [-0.39, 0.29) is 11.5 Å². The fraction of sp³-hybridized carbons (Fsp3) is 0.290. The number of nitrogens with one attached hydrogen (secondary N) is 2. The molecule has 2 amide bonds. The van der Waals surface area contributed by atoms with Gasteiger partial charge in [-0.1, -0.05) is 25.1 Å². The lowest BCUT2D eigenvalue weighted by atomic mass is 10.0. The molecule has 214 valence electrons. The van der Waals surface area contributed by atoms with Crippen LogP contribution in [0.4, 0.5) is 11.4 Å². The predicted molar refractivity (Wildman–Crippen MR) is 159 cm³/mol. The van der Waals surface area contributed by atoms with Crippen LogP contribution in [0.1, 0.15) is 47.8 Å². The smallest absolute Gasteiger partial charge is 0.252 e. The average Bonchev–Trinajstić information content (AvgIpc) is 2.97. The Morgan fingerprint density at radius 3 is 2.41 bits per heavy atom. The Morgan fingerprint density at radius 2 is 1.76 bits per heavy atom. The van der Waals surface area contributed by atoms with Crippen LogP contribution < -0.4 is 31.6 Å². The van der Waals surface area contributed by atoms with E-state index in [4.69, 9.17) is 20.9 Å². The number of nitrogens with two attached hydrogens (primary N) is 2. The molecule has 2 aromatic carbocycles. The van der Waals surface area contributed by atoms with Gasteiger partial charge in [-0.3, -0.25) is 19.6 Å². The second-order valence-corrected chi connectivity index (χ2v) is 9.40. The molecular weight excluding hydrogens is 520 g/mol. The van der Waals surface area contributed by atoms with E-state index in [1.54, 1.807) is 18.5 Å². The molecule has 0 aliphatic rings. The number of aromatic nitrogens is 2. The molecule has 0 saturated carbocycles. The SMILES string of the molecule is CCOc1cc2ncc(C(N)=O)c(Nc3cccc(CNC(=O)[C@H](N)Cc4cccnc4)c3CC)c2cc1OCC. The zero-order chi connectivity index (χ0) is 29.4. The molecular formula is C31H36N6O4. The van der Waals surface area contributed by atoms with Crippen LogP contribution in [0.15, 0.2) is 61.1 Å². The lowest BCUT2D eigenvalue weighted by Gasteiger charge is -2.20. The molecule has 6 N–H and O–H groups in total. The van der Waals surface area contributed by atoms with Crippen molar-refractivity contribution in [2.24, 2.45) is 11.5 Å². The number of pyridine rings is 2. The van der Waals surface area contributed by atoms with Crippen molar-refractivity contribution in [3.05, 3.63) is 83.3 Å². The van der Waals surface area contributed by atoms with Gasteiger partial charge in [0, 0.05) is 42.3 Å². The first-order chi connectivity index (χ1) is 19.9. The second-order valence-electron chi connectivity index (χ2n) is 9.40. The van der Waals surface area contributed by atoms with E-state index in [0.29, 0.717) is 60.7 Å². The van der Waals surface area contributed by atoms with Crippen molar-refractivity contribution in [3.63, 3.8) is 0 Å². The Morgan fingerprint density at radius 1 is 1.00 bits per heavy atom. The van der Waals surface area contributed by atoms with Gasteiger partial charge in [-0.25, -0.2) is 0 Å². The topological polar surface area (TPSA) is 154 Å². The fourth-order valence-corrected chi connectivity index (χ4v) is 4.71. The molecule has 1 atom stereocenters. The third-order valence-electron chi connectivity index (χ3n) is 6.65. The van der Waals surface area contributed by atoms with Crippen molar-refractivity contribution in [3.8, 4) is 11.5 Å². The van der Waals surface area contributed by atoms with Gasteiger partial charge in [-0.15, -0.1) is 0 Å². The zero-order valence-corrected chi connectivity index (χ0v) is 23.6. The summed E-state index contributed by atoms with van der Waals surface area (Å²) in [4.78, 5) is 33.8. The quantitative estimate of drug-likeness (QED) is 0.193. The van der Waals surface area contributed by atoms with E-state index in [2.05, 4.69) is 20.6 Å².